The highest BCUT2D eigenvalue weighted by Crippen LogP contribution is 2.52. The molecule has 1 saturated heterocycles. The van der Waals surface area contributed by atoms with Gasteiger partial charge in [0, 0.05) is 16.0 Å². The number of aliphatic imine (C=N–C) groups is 1. The third kappa shape index (κ3) is 4.05. The van der Waals surface area contributed by atoms with Gasteiger partial charge in [-0.05, 0) is 88.4 Å². The Bertz CT molecular complexity index is 1480. The van der Waals surface area contributed by atoms with E-state index in [1.165, 1.54) is 66.8 Å². The Kier molecular flexibility index (Phi) is 5.85. The van der Waals surface area contributed by atoms with Crippen LogP contribution in [0.1, 0.15) is 76.4 Å². The van der Waals surface area contributed by atoms with Crippen molar-refractivity contribution in [2.75, 3.05) is 13.1 Å². The Morgan fingerprint density at radius 3 is 2.58 bits per heavy atom. The van der Waals surface area contributed by atoms with E-state index in [-0.39, 0.29) is 6.04 Å². The topological polar surface area (TPSA) is 81.1 Å². The van der Waals surface area contributed by atoms with E-state index in [1.807, 2.05) is 6.92 Å². The zero-order valence-corrected chi connectivity index (χ0v) is 23.1. The van der Waals surface area contributed by atoms with E-state index in [0.29, 0.717) is 17.7 Å². The maximum absolute atomic E-state index is 5.61. The van der Waals surface area contributed by atoms with Crippen molar-refractivity contribution in [1.29, 1.82) is 0 Å². The summed E-state index contributed by atoms with van der Waals surface area (Å²) in [5.41, 5.74) is 6.68. The predicted molar refractivity (Wildman–Crippen MR) is 149 cm³/mol. The van der Waals surface area contributed by atoms with Crippen molar-refractivity contribution in [1.82, 2.24) is 25.1 Å². The number of piperidine rings is 1. The maximum atomic E-state index is 5.61. The zero-order chi connectivity index (χ0) is 25.9. The molecule has 4 aromatic rings. The van der Waals surface area contributed by atoms with E-state index in [2.05, 4.69) is 63.2 Å². The van der Waals surface area contributed by atoms with E-state index in [0.717, 1.165) is 33.8 Å². The van der Waals surface area contributed by atoms with Crippen molar-refractivity contribution in [2.24, 2.45) is 16.3 Å². The first-order valence-electron chi connectivity index (χ1n) is 13.8. The van der Waals surface area contributed by atoms with Crippen molar-refractivity contribution in [3.63, 3.8) is 0 Å². The Hall–Kier alpha value is -3.10. The van der Waals surface area contributed by atoms with Crippen LogP contribution in [-0.4, -0.2) is 38.5 Å². The molecule has 3 aromatic heterocycles. The molecule has 0 bridgehead atoms. The Morgan fingerprint density at radius 1 is 1.05 bits per heavy atom. The van der Waals surface area contributed by atoms with Gasteiger partial charge in [-0.25, -0.2) is 4.98 Å². The summed E-state index contributed by atoms with van der Waals surface area (Å²) < 4.78 is 7.80. The number of aryl methyl sites for hydroxylation is 2. The van der Waals surface area contributed by atoms with Gasteiger partial charge in [-0.2, -0.15) is 0 Å². The molecular formula is C30H34N6OS. The standard InChI is InChI=1S/C30H34N6OS/c1-18-19(2)38-29-26(18)27(33-24(15-25-32-12-13-37-25)28-35-34-20(3)36(28)29)23-6-4-21(5-7-23)14-22-16-30(17-22)8-10-31-11-9-30/h4-7,12-13,22,24,31H,8-11,14-17H2,1-3H3. The zero-order valence-electron chi connectivity index (χ0n) is 22.3. The lowest BCUT2D eigenvalue weighted by Gasteiger charge is -2.50. The summed E-state index contributed by atoms with van der Waals surface area (Å²) in [6.45, 7) is 8.79. The second kappa shape index (κ2) is 9.27. The summed E-state index contributed by atoms with van der Waals surface area (Å²) in [6, 6.07) is 8.94. The van der Waals surface area contributed by atoms with E-state index in [1.54, 1.807) is 23.8 Å². The van der Waals surface area contributed by atoms with Gasteiger partial charge in [0.25, 0.3) is 0 Å². The second-order valence-electron chi connectivity index (χ2n) is 11.5. The lowest BCUT2D eigenvalue weighted by Crippen LogP contribution is -2.45. The molecular weight excluding hydrogens is 492 g/mol. The van der Waals surface area contributed by atoms with E-state index in [4.69, 9.17) is 9.41 Å². The van der Waals surface area contributed by atoms with Gasteiger partial charge < -0.3 is 9.73 Å². The molecule has 0 amide bonds. The molecule has 8 heteroatoms. The molecule has 1 aliphatic carbocycles. The molecule has 1 N–H and O–H groups in total. The molecule has 1 saturated carbocycles. The van der Waals surface area contributed by atoms with Crippen LogP contribution in [0.25, 0.3) is 5.00 Å². The van der Waals surface area contributed by atoms with Crippen LogP contribution in [0.4, 0.5) is 0 Å². The Balaban J connectivity index is 1.22. The molecule has 3 aliphatic rings. The van der Waals surface area contributed by atoms with Crippen LogP contribution in [0.2, 0.25) is 0 Å². The molecule has 2 aliphatic heterocycles. The van der Waals surface area contributed by atoms with Gasteiger partial charge in [-0.1, -0.05) is 24.3 Å². The van der Waals surface area contributed by atoms with E-state index >= 15 is 0 Å². The van der Waals surface area contributed by atoms with Crippen LogP contribution < -0.4 is 5.32 Å². The fraction of sp³-hybridized carbons (Fsp3) is 0.467. The third-order valence-electron chi connectivity index (χ3n) is 8.95. The molecule has 2 fully saturated rings. The largest absolute Gasteiger partial charge is 0.449 e. The van der Waals surface area contributed by atoms with Crippen LogP contribution in [0.15, 0.2) is 46.1 Å². The second-order valence-corrected chi connectivity index (χ2v) is 12.7. The van der Waals surface area contributed by atoms with Crippen molar-refractivity contribution < 1.29 is 4.42 Å². The molecule has 38 heavy (non-hydrogen) atoms. The van der Waals surface area contributed by atoms with Crippen LogP contribution in [0, 0.1) is 32.1 Å². The molecule has 1 atom stereocenters. The quantitative estimate of drug-likeness (QED) is 0.361. The van der Waals surface area contributed by atoms with Crippen LogP contribution >= 0.6 is 11.3 Å². The average molecular weight is 527 g/mol. The number of fused-ring (bicyclic) bond motifs is 3. The molecule has 7 rings (SSSR count). The number of aromatic nitrogens is 4. The summed E-state index contributed by atoms with van der Waals surface area (Å²) in [5, 5.41) is 13.7. The van der Waals surface area contributed by atoms with Crippen LogP contribution in [0.5, 0.6) is 0 Å². The lowest BCUT2D eigenvalue weighted by molar-refractivity contribution is 0.0221. The minimum Gasteiger partial charge on any atom is -0.449 e. The van der Waals surface area contributed by atoms with Crippen molar-refractivity contribution in [3.8, 4) is 5.00 Å². The van der Waals surface area contributed by atoms with Gasteiger partial charge in [0.15, 0.2) is 11.7 Å². The minimum absolute atomic E-state index is 0.236. The van der Waals surface area contributed by atoms with Gasteiger partial charge in [0.05, 0.1) is 18.3 Å². The highest BCUT2D eigenvalue weighted by atomic mass is 32.1. The number of nitrogens with zero attached hydrogens (tertiary/aromatic N) is 5. The van der Waals surface area contributed by atoms with E-state index < -0.39 is 0 Å². The first kappa shape index (κ1) is 24.0. The van der Waals surface area contributed by atoms with Crippen LogP contribution in [0.3, 0.4) is 0 Å². The number of nitrogens with one attached hydrogen (secondary N) is 1. The normalized spacial score (nSPS) is 20.5. The van der Waals surface area contributed by atoms with Gasteiger partial charge >= 0.3 is 0 Å². The summed E-state index contributed by atoms with van der Waals surface area (Å²) in [4.78, 5) is 11.0. The molecule has 1 unspecified atom stereocenters. The third-order valence-corrected chi connectivity index (χ3v) is 10.1. The first-order chi connectivity index (χ1) is 18.5. The van der Waals surface area contributed by atoms with E-state index in [9.17, 15) is 0 Å². The SMILES string of the molecule is Cc1sc2c(c1C)C(c1ccc(CC3CC4(CCNCC4)C3)cc1)=NC(Cc1ncco1)c1nnc(C)n1-2. The fourth-order valence-electron chi connectivity index (χ4n) is 6.85. The molecule has 1 aromatic carbocycles. The number of oxazole rings is 1. The van der Waals surface area contributed by atoms with Gasteiger partial charge in [0.1, 0.15) is 23.1 Å². The fourth-order valence-corrected chi connectivity index (χ4v) is 8.06. The van der Waals surface area contributed by atoms with Gasteiger partial charge in [-0.15, -0.1) is 21.5 Å². The maximum Gasteiger partial charge on any atom is 0.196 e. The summed E-state index contributed by atoms with van der Waals surface area (Å²) in [5.74, 6) is 3.19. The highest BCUT2D eigenvalue weighted by molar-refractivity contribution is 7.15. The predicted octanol–water partition coefficient (Wildman–Crippen LogP) is 5.70. The summed E-state index contributed by atoms with van der Waals surface area (Å²) in [7, 11) is 0. The summed E-state index contributed by atoms with van der Waals surface area (Å²) >= 11 is 1.79. The Labute approximate surface area is 227 Å². The number of rotatable bonds is 5. The molecule has 5 heterocycles. The minimum atomic E-state index is -0.236. The van der Waals surface area contributed by atoms with Crippen molar-refractivity contribution in [2.45, 2.75) is 65.3 Å². The monoisotopic (exact) mass is 526 g/mol. The smallest absolute Gasteiger partial charge is 0.196 e. The van der Waals surface area contributed by atoms with Gasteiger partial charge in [-0.3, -0.25) is 9.56 Å². The molecule has 1 spiro atoms. The van der Waals surface area contributed by atoms with Crippen molar-refractivity contribution in [3.05, 3.63) is 81.4 Å². The average Bonchev–Trinajstić information content (AvgIpc) is 3.60. The lowest BCUT2D eigenvalue weighted by atomic mass is 9.56. The number of hydrogen-bond donors (Lipinski definition) is 1. The number of benzene rings is 1. The molecule has 196 valence electrons. The highest BCUT2D eigenvalue weighted by Gasteiger charge is 2.44. The number of hydrogen-bond acceptors (Lipinski definition) is 7. The van der Waals surface area contributed by atoms with Crippen molar-refractivity contribution >= 4 is 17.0 Å². The number of thiophene rings is 1. The molecule has 7 nitrogen and oxygen atoms in total. The van der Waals surface area contributed by atoms with Gasteiger partial charge in [0.2, 0.25) is 0 Å². The summed E-state index contributed by atoms with van der Waals surface area (Å²) in [6.07, 6.45) is 10.5. The van der Waals surface area contributed by atoms with Crippen LogP contribution in [-0.2, 0) is 12.8 Å². The Morgan fingerprint density at radius 2 is 1.84 bits per heavy atom. The first-order valence-corrected chi connectivity index (χ1v) is 14.6. The molecule has 0 radical (unpaired) electrons.